The first-order valence-electron chi connectivity index (χ1n) is 7.12. The van der Waals surface area contributed by atoms with Crippen LogP contribution < -0.4 is 10.2 Å². The maximum absolute atomic E-state index is 13.0. The van der Waals surface area contributed by atoms with Crippen molar-refractivity contribution in [1.82, 2.24) is 9.79 Å². The van der Waals surface area contributed by atoms with Crippen LogP contribution in [0.25, 0.3) is 0 Å². The zero-order valence-electron chi connectivity index (χ0n) is 12.8. The molecule has 1 amide bonds. The molecule has 1 aromatic carbocycles. The van der Waals surface area contributed by atoms with Crippen molar-refractivity contribution in [3.8, 4) is 5.75 Å². The minimum Gasteiger partial charge on any atom is -0.497 e. The number of rotatable bonds is 4. The van der Waals surface area contributed by atoms with Gasteiger partial charge in [-0.3, -0.25) is 10.0 Å². The van der Waals surface area contributed by atoms with Crippen LogP contribution in [0.3, 0.4) is 0 Å². The van der Waals surface area contributed by atoms with Crippen LogP contribution in [0.4, 0.5) is 0 Å². The van der Waals surface area contributed by atoms with Gasteiger partial charge in [0.15, 0.2) is 0 Å². The molecule has 1 aliphatic rings. The molecule has 1 aromatic heterocycles. The molecule has 2 aromatic rings. The van der Waals surface area contributed by atoms with Gasteiger partial charge < -0.3 is 4.74 Å². The van der Waals surface area contributed by atoms with E-state index in [1.54, 1.807) is 17.6 Å². The van der Waals surface area contributed by atoms with Crippen LogP contribution in [-0.2, 0) is 27.8 Å². The van der Waals surface area contributed by atoms with E-state index in [1.807, 2.05) is 11.4 Å². The number of nitrogens with zero attached hydrogens (tertiary/aromatic N) is 1. The molecule has 0 radical (unpaired) electrons. The van der Waals surface area contributed by atoms with Crippen molar-refractivity contribution in [2.75, 3.05) is 7.11 Å². The van der Waals surface area contributed by atoms with Crippen molar-refractivity contribution in [1.29, 1.82) is 0 Å². The van der Waals surface area contributed by atoms with Gasteiger partial charge in [0.25, 0.3) is 5.91 Å². The van der Waals surface area contributed by atoms with Crippen molar-refractivity contribution < 1.29 is 23.2 Å². The Morgan fingerprint density at radius 3 is 2.67 bits per heavy atom. The van der Waals surface area contributed by atoms with Gasteiger partial charge in [-0.1, -0.05) is 0 Å². The number of methoxy groups -OCH3 is 1. The van der Waals surface area contributed by atoms with E-state index in [4.69, 9.17) is 9.94 Å². The third-order valence-electron chi connectivity index (χ3n) is 3.97. The Morgan fingerprint density at radius 2 is 2.04 bits per heavy atom. The number of thiophene rings is 1. The number of hydrogen-bond donors (Lipinski definition) is 2. The van der Waals surface area contributed by atoms with E-state index in [2.05, 4.69) is 0 Å². The summed E-state index contributed by atoms with van der Waals surface area (Å²) in [4.78, 5) is 13.0. The Kier molecular flexibility index (Phi) is 4.59. The predicted molar refractivity (Wildman–Crippen MR) is 87.5 cm³/mol. The summed E-state index contributed by atoms with van der Waals surface area (Å²) < 4.78 is 32.1. The lowest BCUT2D eigenvalue weighted by atomic mass is 10.0. The zero-order chi connectivity index (χ0) is 17.3. The van der Waals surface area contributed by atoms with Crippen LogP contribution in [0.15, 0.2) is 40.6 Å². The summed E-state index contributed by atoms with van der Waals surface area (Å²) >= 11 is 1.47. The zero-order valence-corrected chi connectivity index (χ0v) is 14.4. The number of benzene rings is 1. The van der Waals surface area contributed by atoms with E-state index in [-0.39, 0.29) is 17.9 Å². The van der Waals surface area contributed by atoms with Crippen molar-refractivity contribution in [3.05, 3.63) is 46.2 Å². The van der Waals surface area contributed by atoms with Crippen LogP contribution in [0.1, 0.15) is 10.4 Å². The van der Waals surface area contributed by atoms with Crippen molar-refractivity contribution >= 4 is 27.3 Å². The SMILES string of the molecule is COc1ccc(S(=O)(=O)N2Cc3ccsc3CC2C(=O)NO)cc1. The van der Waals surface area contributed by atoms with Gasteiger partial charge in [0.05, 0.1) is 12.0 Å². The van der Waals surface area contributed by atoms with E-state index >= 15 is 0 Å². The molecule has 0 saturated carbocycles. The second-order valence-electron chi connectivity index (χ2n) is 5.29. The molecule has 0 saturated heterocycles. The fourth-order valence-corrected chi connectivity index (χ4v) is 5.18. The Hall–Kier alpha value is -1.94. The van der Waals surface area contributed by atoms with Gasteiger partial charge in [0.1, 0.15) is 11.8 Å². The number of fused-ring (bicyclic) bond motifs is 1. The first-order chi connectivity index (χ1) is 11.5. The summed E-state index contributed by atoms with van der Waals surface area (Å²) in [6.07, 6.45) is 0.231. The van der Waals surface area contributed by atoms with Gasteiger partial charge in [-0.25, -0.2) is 13.9 Å². The summed E-state index contributed by atoms with van der Waals surface area (Å²) in [7, 11) is -2.41. The van der Waals surface area contributed by atoms with Gasteiger partial charge in [-0.2, -0.15) is 4.31 Å². The van der Waals surface area contributed by atoms with Gasteiger partial charge in [-0.05, 0) is 41.3 Å². The normalized spacial score (nSPS) is 18.0. The highest BCUT2D eigenvalue weighted by molar-refractivity contribution is 7.89. The van der Waals surface area contributed by atoms with Crippen LogP contribution in [0.5, 0.6) is 5.75 Å². The minimum atomic E-state index is -3.90. The van der Waals surface area contributed by atoms with Crippen molar-refractivity contribution in [2.45, 2.75) is 23.9 Å². The van der Waals surface area contributed by atoms with Crippen LogP contribution in [0, 0.1) is 0 Å². The summed E-state index contributed by atoms with van der Waals surface area (Å²) in [6, 6.07) is 6.83. The van der Waals surface area contributed by atoms with E-state index in [9.17, 15) is 13.2 Å². The lowest BCUT2D eigenvalue weighted by Gasteiger charge is -2.33. The third-order valence-corrected chi connectivity index (χ3v) is 6.82. The van der Waals surface area contributed by atoms with Gasteiger partial charge >= 0.3 is 0 Å². The van der Waals surface area contributed by atoms with E-state index in [0.29, 0.717) is 5.75 Å². The number of carbonyl (C=O) groups excluding carboxylic acids is 1. The summed E-state index contributed by atoms with van der Waals surface area (Å²) in [5.41, 5.74) is 2.44. The molecule has 0 bridgehead atoms. The molecule has 1 atom stereocenters. The minimum absolute atomic E-state index is 0.0673. The molecule has 2 N–H and O–H groups in total. The van der Waals surface area contributed by atoms with E-state index in [1.165, 1.54) is 30.6 Å². The number of ether oxygens (including phenoxy) is 1. The fourth-order valence-electron chi connectivity index (χ4n) is 2.68. The van der Waals surface area contributed by atoms with Gasteiger partial charge in [-0.15, -0.1) is 11.3 Å². The fraction of sp³-hybridized carbons (Fsp3) is 0.267. The Morgan fingerprint density at radius 1 is 1.33 bits per heavy atom. The summed E-state index contributed by atoms with van der Waals surface area (Å²) in [5, 5.41) is 10.8. The Labute approximate surface area is 143 Å². The van der Waals surface area contributed by atoms with Gasteiger partial charge in [0, 0.05) is 17.8 Å². The van der Waals surface area contributed by atoms with Crippen LogP contribution in [-0.4, -0.2) is 37.0 Å². The monoisotopic (exact) mass is 368 g/mol. The molecule has 9 heteroatoms. The standard InChI is InChI=1S/C15H16N2O5S2/c1-22-11-2-4-12(5-3-11)24(20,21)17-9-10-6-7-23-14(10)8-13(17)15(18)16-19/h2-7,13,19H,8-9H2,1H3,(H,16,18). The number of nitrogens with one attached hydrogen (secondary N) is 1. The predicted octanol–water partition coefficient (Wildman–Crippen LogP) is 1.38. The maximum atomic E-state index is 13.0. The molecule has 0 fully saturated rings. The molecule has 2 heterocycles. The maximum Gasteiger partial charge on any atom is 0.262 e. The first-order valence-corrected chi connectivity index (χ1v) is 9.44. The molecule has 1 aliphatic heterocycles. The Balaban J connectivity index is 2.01. The highest BCUT2D eigenvalue weighted by Gasteiger charge is 2.40. The highest BCUT2D eigenvalue weighted by Crippen LogP contribution is 2.32. The Bertz CT molecular complexity index is 845. The molecular weight excluding hydrogens is 352 g/mol. The van der Waals surface area contributed by atoms with Crippen LogP contribution >= 0.6 is 11.3 Å². The topological polar surface area (TPSA) is 95.9 Å². The lowest BCUT2D eigenvalue weighted by molar-refractivity contribution is -0.133. The summed E-state index contributed by atoms with van der Waals surface area (Å²) in [5.74, 6) is -0.205. The number of hydroxylamine groups is 1. The highest BCUT2D eigenvalue weighted by atomic mass is 32.2. The number of sulfonamides is 1. The third kappa shape index (κ3) is 2.91. The average molecular weight is 368 g/mol. The van der Waals surface area contributed by atoms with E-state index in [0.717, 1.165) is 14.7 Å². The quantitative estimate of drug-likeness (QED) is 0.628. The molecular formula is C15H16N2O5S2. The number of amides is 1. The van der Waals surface area contributed by atoms with Gasteiger partial charge in [0.2, 0.25) is 10.0 Å². The molecule has 128 valence electrons. The smallest absolute Gasteiger partial charge is 0.262 e. The second kappa shape index (κ2) is 6.52. The molecule has 0 spiro atoms. The van der Waals surface area contributed by atoms with Crippen molar-refractivity contribution in [2.24, 2.45) is 0 Å². The number of hydrogen-bond acceptors (Lipinski definition) is 6. The average Bonchev–Trinajstić information content (AvgIpc) is 3.07. The van der Waals surface area contributed by atoms with E-state index < -0.39 is 22.0 Å². The largest absolute Gasteiger partial charge is 0.497 e. The lowest BCUT2D eigenvalue weighted by Crippen LogP contribution is -2.51. The van der Waals surface area contributed by atoms with Crippen LogP contribution in [0.2, 0.25) is 0 Å². The molecule has 0 aliphatic carbocycles. The first kappa shape index (κ1) is 16.9. The molecule has 1 unspecified atom stereocenters. The summed E-state index contributed by atoms with van der Waals surface area (Å²) in [6.45, 7) is 0.0886. The number of carbonyl (C=O) groups is 1. The second-order valence-corrected chi connectivity index (χ2v) is 8.18. The molecule has 7 nitrogen and oxygen atoms in total. The molecule has 3 rings (SSSR count). The van der Waals surface area contributed by atoms with Crippen molar-refractivity contribution in [3.63, 3.8) is 0 Å². The molecule has 24 heavy (non-hydrogen) atoms.